The van der Waals surface area contributed by atoms with Crippen LogP contribution in [0.3, 0.4) is 0 Å². The summed E-state index contributed by atoms with van der Waals surface area (Å²) in [4.78, 5) is 0.390. The Morgan fingerprint density at radius 2 is 1.94 bits per heavy atom. The summed E-state index contributed by atoms with van der Waals surface area (Å²) in [6.45, 7) is 10.9. The van der Waals surface area contributed by atoms with Gasteiger partial charge in [-0.1, -0.05) is 29.3 Å². The van der Waals surface area contributed by atoms with Gasteiger partial charge >= 0.3 is 0 Å². The summed E-state index contributed by atoms with van der Waals surface area (Å²) in [6, 6.07) is 7.21. The van der Waals surface area contributed by atoms with Crippen LogP contribution in [0, 0.1) is 24.7 Å². The number of epoxide rings is 1. The topological polar surface area (TPSA) is 69.9 Å². The molecule has 2 saturated heterocycles. The summed E-state index contributed by atoms with van der Waals surface area (Å²) in [5, 5.41) is 11.6. The summed E-state index contributed by atoms with van der Waals surface area (Å²) in [6.07, 6.45) is 7.55. The molecule has 0 amide bonds. The van der Waals surface area contributed by atoms with Crippen molar-refractivity contribution < 1.29 is 18.3 Å². The van der Waals surface area contributed by atoms with E-state index in [1.165, 1.54) is 5.57 Å². The van der Waals surface area contributed by atoms with E-state index in [4.69, 9.17) is 4.74 Å². The number of allylic oxidation sites excluding steroid dienone is 2. The number of nitrogens with zero attached hydrogens (tertiary/aromatic N) is 1. The summed E-state index contributed by atoms with van der Waals surface area (Å²) in [7, 11) is -3.51. The van der Waals surface area contributed by atoms with Gasteiger partial charge in [0.2, 0.25) is 10.0 Å². The van der Waals surface area contributed by atoms with Crippen molar-refractivity contribution in [1.29, 1.82) is 0 Å². The molecule has 0 bridgehead atoms. The molecule has 1 N–H and O–H groups in total. The standard InChI is InChI=1S/C27H39NO4S/c1-18(2)7-6-14-25(4,29)21-13-16-27(22-12-15-26(5)24(32-26)23(21)22)17-28(27)33(30,31)20-10-8-19(3)9-11-20/h7-11,21-24,29H,6,12-17H2,1-5H3/t21-,22-,23+,24-,25+,26+,27-,28?/m0/s1. The zero-order valence-corrected chi connectivity index (χ0v) is 21.5. The van der Waals surface area contributed by atoms with Crippen molar-refractivity contribution in [3.8, 4) is 0 Å². The van der Waals surface area contributed by atoms with Crippen molar-refractivity contribution in [2.45, 2.75) is 101 Å². The van der Waals surface area contributed by atoms with Crippen LogP contribution < -0.4 is 0 Å². The molecule has 6 heteroatoms. The van der Waals surface area contributed by atoms with Gasteiger partial charge in [0, 0.05) is 6.54 Å². The fourth-order valence-electron chi connectivity index (χ4n) is 7.14. The normalized spacial score (nSPS) is 41.0. The first-order chi connectivity index (χ1) is 15.4. The number of hydrogen-bond donors (Lipinski definition) is 1. The second kappa shape index (κ2) is 7.64. The van der Waals surface area contributed by atoms with E-state index in [2.05, 4.69) is 26.8 Å². The van der Waals surface area contributed by atoms with Crippen molar-refractivity contribution >= 4 is 10.0 Å². The maximum atomic E-state index is 13.5. The van der Waals surface area contributed by atoms with E-state index in [9.17, 15) is 13.5 Å². The first-order valence-electron chi connectivity index (χ1n) is 12.5. The average molecular weight is 474 g/mol. The molecule has 2 saturated carbocycles. The second-order valence-corrected chi connectivity index (χ2v) is 13.7. The monoisotopic (exact) mass is 473 g/mol. The number of fused-ring (bicyclic) bond motifs is 4. The van der Waals surface area contributed by atoms with Crippen LogP contribution in [-0.4, -0.2) is 47.2 Å². The lowest BCUT2D eigenvalue weighted by molar-refractivity contribution is -0.0839. The third-order valence-electron chi connectivity index (χ3n) is 9.17. The minimum atomic E-state index is -3.51. The lowest BCUT2D eigenvalue weighted by Crippen LogP contribution is -2.55. The van der Waals surface area contributed by atoms with Crippen LogP contribution in [0.4, 0.5) is 0 Å². The number of sulfonamides is 1. The molecule has 2 heterocycles. The van der Waals surface area contributed by atoms with Gasteiger partial charge in [0.15, 0.2) is 0 Å². The van der Waals surface area contributed by atoms with Crippen LogP contribution in [-0.2, 0) is 14.8 Å². The molecule has 5 nitrogen and oxygen atoms in total. The van der Waals surface area contributed by atoms with Gasteiger partial charge in [-0.25, -0.2) is 8.42 Å². The third kappa shape index (κ3) is 3.81. The molecule has 1 aromatic rings. The minimum absolute atomic E-state index is 0.0938. The van der Waals surface area contributed by atoms with Gasteiger partial charge in [-0.05, 0) is 103 Å². The summed E-state index contributed by atoms with van der Waals surface area (Å²) in [5.41, 5.74) is 1.15. The number of benzene rings is 1. The van der Waals surface area contributed by atoms with E-state index in [-0.39, 0.29) is 35.0 Å². The Bertz CT molecular complexity index is 1060. The van der Waals surface area contributed by atoms with Crippen LogP contribution in [0.15, 0.2) is 40.8 Å². The predicted molar refractivity (Wildman–Crippen MR) is 129 cm³/mol. The largest absolute Gasteiger partial charge is 0.390 e. The number of hydrogen-bond acceptors (Lipinski definition) is 4. The average Bonchev–Trinajstić information content (AvgIpc) is 3.62. The van der Waals surface area contributed by atoms with Gasteiger partial charge in [-0.2, -0.15) is 4.31 Å². The van der Waals surface area contributed by atoms with E-state index < -0.39 is 15.6 Å². The minimum Gasteiger partial charge on any atom is -0.390 e. The Hall–Kier alpha value is -1.21. The van der Waals surface area contributed by atoms with E-state index in [1.807, 2.05) is 26.0 Å². The molecule has 8 atom stereocenters. The highest BCUT2D eigenvalue weighted by molar-refractivity contribution is 7.89. The Morgan fingerprint density at radius 1 is 1.24 bits per heavy atom. The molecule has 33 heavy (non-hydrogen) atoms. The van der Waals surface area contributed by atoms with E-state index in [0.717, 1.165) is 44.1 Å². The Labute approximate surface area is 199 Å². The molecule has 1 unspecified atom stereocenters. The smallest absolute Gasteiger partial charge is 0.243 e. The van der Waals surface area contributed by atoms with Crippen LogP contribution in [0.25, 0.3) is 0 Å². The molecule has 1 spiro atoms. The predicted octanol–water partition coefficient (Wildman–Crippen LogP) is 4.83. The Kier molecular flexibility index (Phi) is 5.45. The van der Waals surface area contributed by atoms with E-state index >= 15 is 0 Å². The van der Waals surface area contributed by atoms with Gasteiger partial charge in [-0.3, -0.25) is 0 Å². The van der Waals surface area contributed by atoms with Crippen LogP contribution in [0.5, 0.6) is 0 Å². The maximum Gasteiger partial charge on any atom is 0.243 e. The Morgan fingerprint density at radius 3 is 2.61 bits per heavy atom. The summed E-state index contributed by atoms with van der Waals surface area (Å²) in [5.74, 6) is 0.583. The highest BCUT2D eigenvalue weighted by Crippen LogP contribution is 2.66. The van der Waals surface area contributed by atoms with E-state index in [0.29, 0.717) is 11.4 Å². The number of aliphatic hydroxyl groups is 1. The molecule has 182 valence electrons. The first kappa shape index (κ1) is 23.5. The summed E-state index contributed by atoms with van der Waals surface area (Å²) >= 11 is 0. The zero-order chi connectivity index (χ0) is 23.8. The molecular formula is C27H39NO4S. The van der Waals surface area contributed by atoms with Crippen molar-refractivity contribution in [2.24, 2.45) is 17.8 Å². The third-order valence-corrected chi connectivity index (χ3v) is 11.1. The van der Waals surface area contributed by atoms with Crippen molar-refractivity contribution in [3.63, 3.8) is 0 Å². The quantitative estimate of drug-likeness (QED) is 0.475. The molecule has 2 aliphatic heterocycles. The van der Waals surface area contributed by atoms with Crippen molar-refractivity contribution in [1.82, 2.24) is 4.31 Å². The highest BCUT2D eigenvalue weighted by Gasteiger charge is 2.74. The lowest BCUT2D eigenvalue weighted by atomic mass is 9.55. The molecule has 5 rings (SSSR count). The first-order valence-corrected chi connectivity index (χ1v) is 14.0. The van der Waals surface area contributed by atoms with Crippen LogP contribution in [0.1, 0.15) is 71.8 Å². The van der Waals surface area contributed by atoms with Gasteiger partial charge in [0.25, 0.3) is 0 Å². The van der Waals surface area contributed by atoms with E-state index in [1.54, 1.807) is 16.4 Å². The second-order valence-electron chi connectivity index (χ2n) is 11.8. The zero-order valence-electron chi connectivity index (χ0n) is 20.7. The summed E-state index contributed by atoms with van der Waals surface area (Å²) < 4.78 is 35.1. The van der Waals surface area contributed by atoms with Gasteiger partial charge in [-0.15, -0.1) is 0 Å². The lowest BCUT2D eigenvalue weighted by Gasteiger charge is -2.50. The molecule has 0 aromatic heterocycles. The van der Waals surface area contributed by atoms with Crippen LogP contribution >= 0.6 is 0 Å². The fraction of sp³-hybridized carbons (Fsp3) is 0.704. The molecule has 1 aromatic carbocycles. The molecule has 4 fully saturated rings. The van der Waals surface area contributed by atoms with Gasteiger partial charge < -0.3 is 9.84 Å². The maximum absolute atomic E-state index is 13.5. The van der Waals surface area contributed by atoms with Crippen LogP contribution in [0.2, 0.25) is 0 Å². The molecular weight excluding hydrogens is 434 g/mol. The van der Waals surface area contributed by atoms with Crippen molar-refractivity contribution in [3.05, 3.63) is 41.5 Å². The highest BCUT2D eigenvalue weighted by atomic mass is 32.2. The fourth-order valence-corrected chi connectivity index (χ4v) is 8.97. The SMILES string of the molecule is CC(C)=CCC[C@@](C)(O)[C@H]1CC[C@]2(CN2S(=O)(=O)c2ccc(C)cc2)[C@H]2CC[C@@]3(C)O[C@H]3[C@@H]21. The number of rotatable bonds is 6. The molecule has 2 aliphatic carbocycles. The number of ether oxygens (including phenoxy) is 1. The number of aryl methyl sites for hydroxylation is 1. The Balaban J connectivity index is 1.42. The molecule has 4 aliphatic rings. The molecule has 0 radical (unpaired) electrons. The van der Waals surface area contributed by atoms with Crippen molar-refractivity contribution in [2.75, 3.05) is 6.54 Å². The van der Waals surface area contributed by atoms with Gasteiger partial charge in [0.1, 0.15) is 0 Å². The van der Waals surface area contributed by atoms with Gasteiger partial charge in [0.05, 0.1) is 27.7 Å².